The number of rotatable bonds is 10. The van der Waals surface area contributed by atoms with Gasteiger partial charge in [-0.2, -0.15) is 4.98 Å². The van der Waals surface area contributed by atoms with Crippen molar-refractivity contribution in [3.8, 4) is 0 Å². The van der Waals surface area contributed by atoms with E-state index in [1.807, 2.05) is 24.0 Å². The predicted molar refractivity (Wildman–Crippen MR) is 242 cm³/mol. The molecule has 6 heterocycles. The van der Waals surface area contributed by atoms with E-state index in [0.29, 0.717) is 72.4 Å². The van der Waals surface area contributed by atoms with Gasteiger partial charge in [-0.25, -0.2) is 22.6 Å². The van der Waals surface area contributed by atoms with Gasteiger partial charge in [-0.15, -0.1) is 0 Å². The molecule has 2 aliphatic carbocycles. The molecular formula is C46H55ClFN9O5S. The smallest absolute Gasteiger partial charge is 0.329 e. The first-order valence-electron chi connectivity index (χ1n) is 22.5. The van der Waals surface area contributed by atoms with Crippen LogP contribution in [0.1, 0.15) is 88.3 Å². The topological polar surface area (TPSA) is 155 Å². The molecule has 2 aromatic heterocycles. The van der Waals surface area contributed by atoms with Gasteiger partial charge in [0.15, 0.2) is 15.7 Å². The Balaban J connectivity index is 0.715. The molecule has 14 nitrogen and oxygen atoms in total. The summed E-state index contributed by atoms with van der Waals surface area (Å²) >= 11 is 6.50. The van der Waals surface area contributed by atoms with Gasteiger partial charge in [-0.1, -0.05) is 11.6 Å². The summed E-state index contributed by atoms with van der Waals surface area (Å²) in [5.41, 5.74) is 3.01. The lowest BCUT2D eigenvalue weighted by molar-refractivity contribution is -0.135. The highest BCUT2D eigenvalue weighted by molar-refractivity contribution is 7.92. The number of anilines is 4. The summed E-state index contributed by atoms with van der Waals surface area (Å²) in [6.45, 7) is 9.01. The number of likely N-dealkylation sites (tertiary alicyclic amines) is 1. The van der Waals surface area contributed by atoms with Gasteiger partial charge < -0.3 is 20.0 Å². The van der Waals surface area contributed by atoms with Gasteiger partial charge in [-0.3, -0.25) is 24.0 Å². The number of imidazole rings is 1. The average Bonchev–Trinajstić information content (AvgIpc) is 4.07. The molecule has 5 fully saturated rings. The molecule has 17 heteroatoms. The zero-order chi connectivity index (χ0) is 43.9. The van der Waals surface area contributed by atoms with Crippen molar-refractivity contribution in [3.63, 3.8) is 0 Å². The minimum atomic E-state index is -3.49. The number of hydrogen-bond donors (Lipinski definition) is 2. The summed E-state index contributed by atoms with van der Waals surface area (Å²) in [7, 11) is -1.98. The first kappa shape index (κ1) is 42.2. The molecule has 6 aliphatic rings. The van der Waals surface area contributed by atoms with E-state index in [1.54, 1.807) is 30.5 Å². The second-order valence-electron chi connectivity index (χ2n) is 19.1. The zero-order valence-corrected chi connectivity index (χ0v) is 37.7. The molecule has 63 heavy (non-hydrogen) atoms. The Kier molecular flexibility index (Phi) is 10.7. The van der Waals surface area contributed by atoms with Crippen molar-refractivity contribution < 1.29 is 22.4 Å². The summed E-state index contributed by atoms with van der Waals surface area (Å²) < 4.78 is 46.6. The van der Waals surface area contributed by atoms with Crippen LogP contribution < -0.4 is 26.1 Å². The van der Waals surface area contributed by atoms with Crippen LogP contribution in [0.4, 0.5) is 27.5 Å². The zero-order valence-electron chi connectivity index (χ0n) is 36.1. The van der Waals surface area contributed by atoms with E-state index in [4.69, 9.17) is 16.6 Å². The third-order valence-corrected chi connectivity index (χ3v) is 17.5. The molecule has 2 N–H and O–H groups in total. The van der Waals surface area contributed by atoms with E-state index in [0.717, 1.165) is 73.0 Å². The van der Waals surface area contributed by atoms with Gasteiger partial charge >= 0.3 is 5.69 Å². The number of carbonyl (C=O) groups excluding carboxylic acids is 2. The molecule has 3 saturated heterocycles. The molecule has 0 bridgehead atoms. The van der Waals surface area contributed by atoms with E-state index >= 15 is 4.39 Å². The minimum absolute atomic E-state index is 0.0651. The van der Waals surface area contributed by atoms with Crippen molar-refractivity contribution in [1.82, 2.24) is 29.3 Å². The number of hydrogen-bond acceptors (Lipinski definition) is 11. The largest absolute Gasteiger partial charge is 0.369 e. The highest BCUT2D eigenvalue weighted by Gasteiger charge is 2.51. The van der Waals surface area contributed by atoms with Crippen molar-refractivity contribution >= 4 is 73.5 Å². The van der Waals surface area contributed by atoms with Crippen LogP contribution in [0, 0.1) is 30.0 Å². The number of amides is 2. The number of halogens is 2. The SMILES string of the molecule is Cc1cc(S(=O)(=O)C2CC3(CCN(CC4CCN(c5ccc6c(c5F)n(C)c(=O)n6C5CCC(=O)NC5=O)CC4)CC3)C2)ccc1Nc1ncc2c(n1)N(C(C)C1CC1)CC(Cl)=C2. The fourth-order valence-corrected chi connectivity index (χ4v) is 13.4. The van der Waals surface area contributed by atoms with Crippen LogP contribution in [-0.4, -0.2) is 94.8 Å². The summed E-state index contributed by atoms with van der Waals surface area (Å²) in [6, 6.07) is 8.19. The Morgan fingerprint density at radius 2 is 1.76 bits per heavy atom. The second kappa shape index (κ2) is 16.0. The highest BCUT2D eigenvalue weighted by Crippen LogP contribution is 2.53. The molecule has 2 saturated carbocycles. The van der Waals surface area contributed by atoms with Crippen LogP contribution in [0.15, 0.2) is 51.3 Å². The number of carbonyl (C=O) groups is 2. The van der Waals surface area contributed by atoms with Gasteiger partial charge in [0, 0.05) is 61.6 Å². The fourth-order valence-electron chi connectivity index (χ4n) is 11.0. The number of sulfone groups is 1. The van der Waals surface area contributed by atoms with E-state index in [-0.39, 0.29) is 34.9 Å². The molecular weight excluding hydrogens is 845 g/mol. The molecule has 1 spiro atoms. The summed E-state index contributed by atoms with van der Waals surface area (Å²) in [4.78, 5) is 54.2. The molecule has 4 aliphatic heterocycles. The average molecular weight is 901 g/mol. The van der Waals surface area contributed by atoms with Gasteiger partial charge in [0.1, 0.15) is 17.4 Å². The third-order valence-electron chi connectivity index (χ3n) is 15.1. The van der Waals surface area contributed by atoms with E-state index in [9.17, 15) is 22.8 Å². The number of nitrogens with zero attached hydrogens (tertiary/aromatic N) is 7. The standard InChI is InChI=1S/C46H55ClFN9O5S/c1-27-20-33(6-7-35(27)50-44-49-24-31-21-32(47)26-56(42(31)52-44)28(2)30-4-5-30)63(61,62)34-22-46(23-34)14-18-54(19-15-46)25-29-12-16-55(17-13-29)36-8-9-37-41(40(36)48)53(3)45(60)57(37)38-10-11-39(58)51-43(38)59/h6-9,20-21,24,28-30,34,38H,4-5,10-19,22-23,25-26H2,1-3H3,(H,49,50,52)(H,51,58,59). The maximum atomic E-state index is 16.2. The first-order valence-corrected chi connectivity index (χ1v) is 24.4. The molecule has 334 valence electrons. The Morgan fingerprint density at radius 3 is 2.46 bits per heavy atom. The molecule has 4 aromatic rings. The number of aryl methyl sites for hydroxylation is 2. The Labute approximate surface area is 371 Å². The van der Waals surface area contributed by atoms with Crippen molar-refractivity contribution in [1.29, 1.82) is 0 Å². The van der Waals surface area contributed by atoms with Crippen LogP contribution in [0.25, 0.3) is 17.1 Å². The van der Waals surface area contributed by atoms with Crippen LogP contribution in [0.2, 0.25) is 0 Å². The van der Waals surface area contributed by atoms with Crippen LogP contribution >= 0.6 is 11.6 Å². The third kappa shape index (κ3) is 7.73. The molecule has 2 aromatic carbocycles. The predicted octanol–water partition coefficient (Wildman–Crippen LogP) is 6.43. The monoisotopic (exact) mass is 899 g/mol. The van der Waals surface area contributed by atoms with E-state index in [1.165, 1.54) is 29.0 Å². The van der Waals surface area contributed by atoms with Crippen molar-refractivity contribution in [2.75, 3.05) is 54.4 Å². The minimum Gasteiger partial charge on any atom is -0.369 e. The number of imide groups is 1. The van der Waals surface area contributed by atoms with Crippen LogP contribution in [0.3, 0.4) is 0 Å². The molecule has 10 rings (SSSR count). The normalized spacial score (nSPS) is 22.8. The molecule has 0 radical (unpaired) electrons. The number of aromatic nitrogens is 4. The lowest BCUT2D eigenvalue weighted by Crippen LogP contribution is -2.52. The first-order chi connectivity index (χ1) is 30.2. The van der Waals surface area contributed by atoms with E-state index < -0.39 is 33.3 Å². The van der Waals surface area contributed by atoms with Crippen LogP contribution in [0.5, 0.6) is 0 Å². The Bertz CT molecular complexity index is 2710. The van der Waals surface area contributed by atoms with Crippen LogP contribution in [-0.2, 0) is 26.5 Å². The van der Waals surface area contributed by atoms with Gasteiger partial charge in [0.05, 0.1) is 27.9 Å². The van der Waals surface area contributed by atoms with E-state index in [2.05, 4.69) is 32.3 Å². The van der Waals surface area contributed by atoms with Crippen molar-refractivity contribution in [3.05, 3.63) is 69.0 Å². The second-order valence-corrected chi connectivity index (χ2v) is 21.8. The molecule has 2 amide bonds. The summed E-state index contributed by atoms with van der Waals surface area (Å²) in [5.74, 6) is 1.04. The fraction of sp³-hybridized carbons (Fsp3) is 0.543. The van der Waals surface area contributed by atoms with Gasteiger partial charge in [0.25, 0.3) is 0 Å². The summed E-state index contributed by atoms with van der Waals surface area (Å²) in [5, 5.41) is 6.03. The number of benzene rings is 2. The van der Waals surface area contributed by atoms with Gasteiger partial charge in [0.2, 0.25) is 17.8 Å². The number of fused-ring (bicyclic) bond motifs is 2. The summed E-state index contributed by atoms with van der Waals surface area (Å²) in [6.07, 6.45) is 11.7. The molecule has 2 unspecified atom stereocenters. The molecule has 2 atom stereocenters. The number of piperidine rings is 3. The Morgan fingerprint density at radius 1 is 1.02 bits per heavy atom. The Hall–Kier alpha value is -4.80. The maximum absolute atomic E-state index is 16.2. The van der Waals surface area contributed by atoms with Crippen molar-refractivity contribution in [2.45, 2.75) is 100 Å². The maximum Gasteiger partial charge on any atom is 0.329 e. The quantitative estimate of drug-likeness (QED) is 0.169. The lowest BCUT2D eigenvalue weighted by atomic mass is 9.63. The lowest BCUT2D eigenvalue weighted by Gasteiger charge is -2.52. The van der Waals surface area contributed by atoms with Gasteiger partial charge in [-0.05, 0) is 144 Å². The number of nitrogens with one attached hydrogen (secondary N) is 2. The highest BCUT2D eigenvalue weighted by atomic mass is 35.5. The van der Waals surface area contributed by atoms with Crippen molar-refractivity contribution in [2.24, 2.45) is 24.3 Å².